The Kier molecular flexibility index (Phi) is 6.56. The number of nitrogens with zero attached hydrogens (tertiary/aromatic N) is 1. The summed E-state index contributed by atoms with van der Waals surface area (Å²) in [6, 6.07) is 6.99. The molecule has 0 fully saturated rings. The molecule has 0 unspecified atom stereocenters. The summed E-state index contributed by atoms with van der Waals surface area (Å²) >= 11 is 0. The molecule has 1 aromatic carbocycles. The fraction of sp³-hybridized carbons (Fsp3) is 0.467. The van der Waals surface area contributed by atoms with Crippen LogP contribution in [-0.2, 0) is 16.0 Å². The standard InChI is InChI=1S/C15H21NO4/c1-4-16(5-2)15(18)20-13-10-8-7-9-12(13)11-14(17)19-6-3/h7-10H,4-6,11H2,1-3H3. The van der Waals surface area contributed by atoms with Crippen molar-refractivity contribution in [2.24, 2.45) is 0 Å². The molecule has 5 nitrogen and oxygen atoms in total. The average molecular weight is 279 g/mol. The highest BCUT2D eigenvalue weighted by Crippen LogP contribution is 2.19. The summed E-state index contributed by atoms with van der Waals surface area (Å²) in [6.07, 6.45) is -0.318. The van der Waals surface area contributed by atoms with Gasteiger partial charge < -0.3 is 14.4 Å². The highest BCUT2D eigenvalue weighted by Gasteiger charge is 2.15. The zero-order valence-electron chi connectivity index (χ0n) is 12.2. The van der Waals surface area contributed by atoms with Gasteiger partial charge in [-0.3, -0.25) is 4.79 Å². The van der Waals surface area contributed by atoms with E-state index in [4.69, 9.17) is 9.47 Å². The highest BCUT2D eigenvalue weighted by molar-refractivity contribution is 5.75. The third-order valence-electron chi connectivity index (χ3n) is 2.83. The Morgan fingerprint density at radius 3 is 2.35 bits per heavy atom. The molecule has 20 heavy (non-hydrogen) atoms. The number of ether oxygens (including phenoxy) is 2. The molecule has 1 amide bonds. The Hall–Kier alpha value is -2.04. The predicted octanol–water partition coefficient (Wildman–Crippen LogP) is 2.63. The van der Waals surface area contributed by atoms with Crippen molar-refractivity contribution in [2.45, 2.75) is 27.2 Å². The van der Waals surface area contributed by atoms with E-state index in [1.54, 1.807) is 36.1 Å². The third-order valence-corrected chi connectivity index (χ3v) is 2.83. The van der Waals surface area contributed by atoms with E-state index in [0.29, 0.717) is 31.0 Å². The lowest BCUT2D eigenvalue weighted by molar-refractivity contribution is -0.142. The quantitative estimate of drug-likeness (QED) is 0.751. The van der Waals surface area contributed by atoms with E-state index >= 15 is 0 Å². The van der Waals surface area contributed by atoms with Crippen molar-refractivity contribution in [2.75, 3.05) is 19.7 Å². The van der Waals surface area contributed by atoms with Crippen LogP contribution in [0.4, 0.5) is 4.79 Å². The van der Waals surface area contributed by atoms with Crippen molar-refractivity contribution in [3.63, 3.8) is 0 Å². The van der Waals surface area contributed by atoms with Gasteiger partial charge in [-0.2, -0.15) is 0 Å². The highest BCUT2D eigenvalue weighted by atomic mass is 16.6. The monoisotopic (exact) mass is 279 g/mol. The van der Waals surface area contributed by atoms with Gasteiger partial charge in [0.05, 0.1) is 13.0 Å². The second kappa shape index (κ2) is 8.19. The summed E-state index contributed by atoms with van der Waals surface area (Å²) in [4.78, 5) is 25.0. The molecule has 0 spiro atoms. The van der Waals surface area contributed by atoms with Crippen molar-refractivity contribution < 1.29 is 19.1 Å². The average Bonchev–Trinajstić information content (AvgIpc) is 2.42. The molecule has 0 aliphatic carbocycles. The van der Waals surface area contributed by atoms with Crippen LogP contribution < -0.4 is 4.74 Å². The summed E-state index contributed by atoms with van der Waals surface area (Å²) < 4.78 is 10.3. The van der Waals surface area contributed by atoms with E-state index in [1.807, 2.05) is 13.8 Å². The van der Waals surface area contributed by atoms with Crippen LogP contribution >= 0.6 is 0 Å². The largest absolute Gasteiger partial charge is 0.466 e. The van der Waals surface area contributed by atoms with Crippen LogP contribution in [0.25, 0.3) is 0 Å². The Balaban J connectivity index is 2.80. The zero-order valence-corrected chi connectivity index (χ0v) is 12.2. The number of carbonyl (C=O) groups is 2. The second-order valence-corrected chi connectivity index (χ2v) is 4.13. The summed E-state index contributed by atoms with van der Waals surface area (Å²) in [7, 11) is 0. The van der Waals surface area contributed by atoms with Crippen molar-refractivity contribution >= 4 is 12.1 Å². The molecular weight excluding hydrogens is 258 g/mol. The molecule has 0 aromatic heterocycles. The summed E-state index contributed by atoms with van der Waals surface area (Å²) in [6.45, 7) is 7.01. The van der Waals surface area contributed by atoms with Gasteiger partial charge in [-0.25, -0.2) is 4.79 Å². The van der Waals surface area contributed by atoms with Crippen LogP contribution in [0.15, 0.2) is 24.3 Å². The Morgan fingerprint density at radius 1 is 1.10 bits per heavy atom. The smallest absolute Gasteiger partial charge is 0.415 e. The lowest BCUT2D eigenvalue weighted by atomic mass is 10.1. The number of amides is 1. The fourth-order valence-corrected chi connectivity index (χ4v) is 1.76. The molecule has 0 N–H and O–H groups in total. The van der Waals surface area contributed by atoms with Crippen LogP contribution in [0.5, 0.6) is 5.75 Å². The van der Waals surface area contributed by atoms with Crippen LogP contribution in [0.2, 0.25) is 0 Å². The molecule has 0 radical (unpaired) electrons. The molecule has 5 heteroatoms. The fourth-order valence-electron chi connectivity index (χ4n) is 1.76. The first-order chi connectivity index (χ1) is 9.62. The zero-order chi connectivity index (χ0) is 15.0. The molecule has 1 aromatic rings. The molecule has 0 heterocycles. The number of hydrogen-bond acceptors (Lipinski definition) is 4. The van der Waals surface area contributed by atoms with Crippen LogP contribution in [0, 0.1) is 0 Å². The van der Waals surface area contributed by atoms with Gasteiger partial charge in [-0.15, -0.1) is 0 Å². The van der Waals surface area contributed by atoms with E-state index in [9.17, 15) is 9.59 Å². The van der Waals surface area contributed by atoms with Crippen LogP contribution in [0.1, 0.15) is 26.3 Å². The lowest BCUT2D eigenvalue weighted by Gasteiger charge is -2.19. The molecule has 0 aliphatic rings. The van der Waals surface area contributed by atoms with Gasteiger partial charge in [0.1, 0.15) is 5.75 Å². The number of benzene rings is 1. The topological polar surface area (TPSA) is 55.8 Å². The van der Waals surface area contributed by atoms with Crippen molar-refractivity contribution in [1.29, 1.82) is 0 Å². The normalized spacial score (nSPS) is 9.95. The van der Waals surface area contributed by atoms with Gasteiger partial charge in [-0.05, 0) is 26.8 Å². The molecular formula is C15H21NO4. The van der Waals surface area contributed by atoms with Crippen LogP contribution in [0.3, 0.4) is 0 Å². The lowest BCUT2D eigenvalue weighted by Crippen LogP contribution is -2.33. The van der Waals surface area contributed by atoms with E-state index in [2.05, 4.69) is 0 Å². The van der Waals surface area contributed by atoms with Crippen molar-refractivity contribution in [3.8, 4) is 5.75 Å². The number of para-hydroxylation sites is 1. The summed E-state index contributed by atoms with van der Waals surface area (Å²) in [5.74, 6) is 0.0660. The molecule has 110 valence electrons. The van der Waals surface area contributed by atoms with Gasteiger partial charge in [0.2, 0.25) is 0 Å². The molecule has 0 saturated heterocycles. The SMILES string of the molecule is CCOC(=O)Cc1ccccc1OC(=O)N(CC)CC. The first-order valence-corrected chi connectivity index (χ1v) is 6.82. The molecule has 0 atom stereocenters. The minimum atomic E-state index is -0.411. The second-order valence-electron chi connectivity index (χ2n) is 4.13. The summed E-state index contributed by atoms with van der Waals surface area (Å²) in [5.41, 5.74) is 0.645. The maximum absolute atomic E-state index is 11.9. The van der Waals surface area contributed by atoms with Gasteiger partial charge in [0.15, 0.2) is 0 Å². The molecule has 0 bridgehead atoms. The van der Waals surface area contributed by atoms with E-state index in [1.165, 1.54) is 0 Å². The van der Waals surface area contributed by atoms with Crippen molar-refractivity contribution in [1.82, 2.24) is 4.90 Å². The van der Waals surface area contributed by atoms with E-state index in [-0.39, 0.29) is 12.4 Å². The van der Waals surface area contributed by atoms with Crippen LogP contribution in [-0.4, -0.2) is 36.7 Å². The number of carbonyl (C=O) groups excluding carboxylic acids is 2. The van der Waals surface area contributed by atoms with Gasteiger partial charge in [0, 0.05) is 18.7 Å². The number of rotatable bonds is 6. The predicted molar refractivity (Wildman–Crippen MR) is 75.7 cm³/mol. The van der Waals surface area contributed by atoms with E-state index in [0.717, 1.165) is 0 Å². The maximum atomic E-state index is 11.9. The van der Waals surface area contributed by atoms with Gasteiger partial charge >= 0.3 is 12.1 Å². The molecule has 1 rings (SSSR count). The summed E-state index contributed by atoms with van der Waals surface area (Å²) in [5, 5.41) is 0. The first kappa shape index (κ1) is 16.0. The van der Waals surface area contributed by atoms with Gasteiger partial charge in [-0.1, -0.05) is 18.2 Å². The molecule has 0 aliphatic heterocycles. The third kappa shape index (κ3) is 4.57. The first-order valence-electron chi connectivity index (χ1n) is 6.82. The number of hydrogen-bond donors (Lipinski definition) is 0. The Labute approximate surface area is 119 Å². The minimum absolute atomic E-state index is 0.0928. The van der Waals surface area contributed by atoms with Gasteiger partial charge in [0.25, 0.3) is 0 Å². The Morgan fingerprint density at radius 2 is 1.75 bits per heavy atom. The minimum Gasteiger partial charge on any atom is -0.466 e. The Bertz CT molecular complexity index is 455. The maximum Gasteiger partial charge on any atom is 0.415 e. The number of esters is 1. The van der Waals surface area contributed by atoms with Crippen molar-refractivity contribution in [3.05, 3.63) is 29.8 Å². The van der Waals surface area contributed by atoms with E-state index < -0.39 is 6.09 Å². The molecule has 0 saturated carbocycles.